The van der Waals surface area contributed by atoms with Crippen LogP contribution in [0.4, 0.5) is 20.6 Å². The summed E-state index contributed by atoms with van der Waals surface area (Å²) in [6, 6.07) is 12.4. The van der Waals surface area contributed by atoms with Crippen LogP contribution in [0.1, 0.15) is 121 Å². The van der Waals surface area contributed by atoms with Gasteiger partial charge < -0.3 is 19.3 Å². The summed E-state index contributed by atoms with van der Waals surface area (Å²) in [6.45, 7) is 6.19. The van der Waals surface area contributed by atoms with Crippen LogP contribution in [0.5, 0.6) is 5.75 Å². The molecule has 0 bridgehead atoms. The summed E-state index contributed by atoms with van der Waals surface area (Å²) in [4.78, 5) is 32.5. The first kappa shape index (κ1) is 35.2. The lowest BCUT2D eigenvalue weighted by Crippen LogP contribution is -2.53. The van der Waals surface area contributed by atoms with E-state index in [0.29, 0.717) is 24.7 Å². The highest BCUT2D eigenvalue weighted by Crippen LogP contribution is 2.51. The van der Waals surface area contributed by atoms with Gasteiger partial charge in [-0.2, -0.15) is 0 Å². The average molecular weight is 650 g/mol. The van der Waals surface area contributed by atoms with E-state index in [2.05, 4.69) is 22.8 Å². The van der Waals surface area contributed by atoms with Gasteiger partial charge in [-0.15, -0.1) is 0 Å². The van der Waals surface area contributed by atoms with E-state index < -0.39 is 6.09 Å². The van der Waals surface area contributed by atoms with Crippen molar-refractivity contribution >= 4 is 23.4 Å². The molecular formula is C39H56FN3O4. The summed E-state index contributed by atoms with van der Waals surface area (Å²) >= 11 is 0. The predicted molar refractivity (Wildman–Crippen MR) is 187 cm³/mol. The molecule has 0 saturated carbocycles. The molecule has 0 unspecified atom stereocenters. The number of benzene rings is 2. The van der Waals surface area contributed by atoms with Gasteiger partial charge in [-0.05, 0) is 55.2 Å². The first-order valence-corrected chi connectivity index (χ1v) is 18.6. The van der Waals surface area contributed by atoms with Gasteiger partial charge in [-0.1, -0.05) is 103 Å². The van der Waals surface area contributed by atoms with Gasteiger partial charge in [0.1, 0.15) is 11.6 Å². The molecule has 0 radical (unpaired) electrons. The van der Waals surface area contributed by atoms with Crippen molar-refractivity contribution in [2.75, 3.05) is 49.2 Å². The minimum Gasteiger partial charge on any atom is -0.494 e. The van der Waals surface area contributed by atoms with Crippen molar-refractivity contribution in [3.05, 3.63) is 53.8 Å². The van der Waals surface area contributed by atoms with Gasteiger partial charge in [0.05, 0.1) is 31.1 Å². The van der Waals surface area contributed by atoms with Crippen LogP contribution in [0.2, 0.25) is 0 Å². The third kappa shape index (κ3) is 9.71. The van der Waals surface area contributed by atoms with Gasteiger partial charge in [0.2, 0.25) is 0 Å². The maximum Gasteiger partial charge on any atom is 0.421 e. The van der Waals surface area contributed by atoms with Crippen molar-refractivity contribution in [3.8, 4) is 5.75 Å². The SMILES string of the molecule is CCCCCCCCCCCCCCCCOC(=O)N1C(=O)CN2c3c(cccc31)[C@@H]1CN(CCCOc3ccc(F)cc3)CC[C@@H]12. The lowest BCUT2D eigenvalue weighted by atomic mass is 9.89. The molecular weight excluding hydrogens is 593 g/mol. The van der Waals surface area contributed by atoms with Crippen molar-refractivity contribution in [2.24, 2.45) is 0 Å². The van der Waals surface area contributed by atoms with Gasteiger partial charge >= 0.3 is 6.09 Å². The standard InChI is InChI=1S/C39H56FN3O4/c1-2-3-4-5-6-7-8-9-10-11-12-13-14-15-27-47-39(45)43-36-19-16-18-33-34-29-41(25-17-28-46-32-22-20-31(40)21-23-32)26-24-35(34)42(38(33)36)30-37(43)44/h16,18-23,34-35H,2-15,17,24-30H2,1H3/t34-,35-/m0/s1. The molecule has 5 rings (SSSR count). The monoisotopic (exact) mass is 649 g/mol. The molecule has 0 spiro atoms. The van der Waals surface area contributed by atoms with Crippen LogP contribution in [0, 0.1) is 5.82 Å². The third-order valence-corrected chi connectivity index (χ3v) is 10.2. The number of piperidine rings is 1. The minimum atomic E-state index is -0.546. The number of imide groups is 1. The molecule has 7 nitrogen and oxygen atoms in total. The Balaban J connectivity index is 1.01. The zero-order valence-corrected chi connectivity index (χ0v) is 28.6. The average Bonchev–Trinajstić information content (AvgIpc) is 3.39. The molecule has 2 aromatic carbocycles. The summed E-state index contributed by atoms with van der Waals surface area (Å²) < 4.78 is 24.6. The number of nitrogens with zero attached hydrogens (tertiary/aromatic N) is 3. The van der Waals surface area contributed by atoms with Gasteiger partial charge in [-0.3, -0.25) is 4.79 Å². The Bertz CT molecular complexity index is 1270. The molecule has 8 heteroatoms. The Hall–Kier alpha value is -3.13. The highest BCUT2D eigenvalue weighted by atomic mass is 19.1. The molecule has 258 valence electrons. The lowest BCUT2D eigenvalue weighted by molar-refractivity contribution is -0.117. The van der Waals surface area contributed by atoms with E-state index in [9.17, 15) is 14.0 Å². The number of carbonyl (C=O) groups is 2. The number of carbonyl (C=O) groups excluding carboxylic acids is 2. The van der Waals surface area contributed by atoms with E-state index in [0.717, 1.165) is 51.0 Å². The van der Waals surface area contributed by atoms with Crippen molar-refractivity contribution in [3.63, 3.8) is 0 Å². The number of unbranched alkanes of at least 4 members (excludes halogenated alkanes) is 13. The molecule has 0 aromatic heterocycles. The molecule has 1 saturated heterocycles. The fourth-order valence-corrected chi connectivity index (χ4v) is 7.67. The van der Waals surface area contributed by atoms with Crippen LogP contribution >= 0.6 is 0 Å². The molecule has 2 aromatic rings. The van der Waals surface area contributed by atoms with Crippen LogP contribution in [-0.4, -0.2) is 62.3 Å². The van der Waals surface area contributed by atoms with Gasteiger partial charge in [0.25, 0.3) is 5.91 Å². The van der Waals surface area contributed by atoms with E-state index >= 15 is 0 Å². The first-order chi connectivity index (χ1) is 23.1. The molecule has 3 heterocycles. The summed E-state index contributed by atoms with van der Waals surface area (Å²) in [5, 5.41) is 0. The highest BCUT2D eigenvalue weighted by Gasteiger charge is 2.48. The van der Waals surface area contributed by atoms with Crippen LogP contribution in [-0.2, 0) is 9.53 Å². The molecule has 3 aliphatic heterocycles. The molecule has 47 heavy (non-hydrogen) atoms. The Kier molecular flexibility index (Phi) is 13.8. The fourth-order valence-electron chi connectivity index (χ4n) is 7.67. The summed E-state index contributed by atoms with van der Waals surface area (Å²) in [5.74, 6) is 0.501. The number of rotatable bonds is 20. The van der Waals surface area contributed by atoms with E-state index in [4.69, 9.17) is 9.47 Å². The van der Waals surface area contributed by atoms with Crippen molar-refractivity contribution in [1.29, 1.82) is 0 Å². The number of para-hydroxylation sites is 1. The number of ether oxygens (including phenoxy) is 2. The highest BCUT2D eigenvalue weighted by molar-refractivity contribution is 6.18. The number of hydrogen-bond acceptors (Lipinski definition) is 6. The quantitative estimate of drug-likeness (QED) is 0.133. The van der Waals surface area contributed by atoms with Crippen LogP contribution in [0.25, 0.3) is 0 Å². The second-order valence-corrected chi connectivity index (χ2v) is 13.7. The second-order valence-electron chi connectivity index (χ2n) is 13.7. The number of hydrogen-bond donors (Lipinski definition) is 0. The molecule has 0 N–H and O–H groups in total. The smallest absolute Gasteiger partial charge is 0.421 e. The maximum atomic E-state index is 13.3. The number of halogens is 1. The van der Waals surface area contributed by atoms with Gasteiger partial charge in [0, 0.05) is 31.6 Å². The van der Waals surface area contributed by atoms with Gasteiger partial charge in [-0.25, -0.2) is 14.1 Å². The topological polar surface area (TPSA) is 62.3 Å². The Morgan fingerprint density at radius 3 is 2.17 bits per heavy atom. The molecule has 2 amide bonds. The van der Waals surface area contributed by atoms with Crippen LogP contribution < -0.4 is 14.5 Å². The van der Waals surface area contributed by atoms with Gasteiger partial charge in [0.15, 0.2) is 0 Å². The van der Waals surface area contributed by atoms with E-state index in [1.807, 2.05) is 12.1 Å². The zero-order chi connectivity index (χ0) is 32.8. The lowest BCUT2D eigenvalue weighted by Gasteiger charge is -2.40. The van der Waals surface area contributed by atoms with Crippen LogP contribution in [0.15, 0.2) is 42.5 Å². The van der Waals surface area contributed by atoms with Crippen molar-refractivity contribution < 1.29 is 23.5 Å². The minimum absolute atomic E-state index is 0.207. The first-order valence-electron chi connectivity index (χ1n) is 18.6. The largest absolute Gasteiger partial charge is 0.494 e. The number of amides is 2. The summed E-state index contributed by atoms with van der Waals surface area (Å²) in [7, 11) is 0. The molecule has 0 aliphatic carbocycles. The second kappa shape index (κ2) is 18.4. The van der Waals surface area contributed by atoms with Crippen LogP contribution in [0.3, 0.4) is 0 Å². The number of likely N-dealkylation sites (tertiary alicyclic amines) is 1. The zero-order valence-electron chi connectivity index (χ0n) is 28.6. The Morgan fingerprint density at radius 2 is 1.49 bits per heavy atom. The normalized spacial score (nSPS) is 18.7. The Labute approximate surface area is 281 Å². The summed E-state index contributed by atoms with van der Waals surface area (Å²) in [5.41, 5.74) is 2.91. The van der Waals surface area contributed by atoms with E-state index in [-0.39, 0.29) is 30.2 Å². The predicted octanol–water partition coefficient (Wildman–Crippen LogP) is 9.24. The fraction of sp³-hybridized carbons (Fsp3) is 0.641. The summed E-state index contributed by atoms with van der Waals surface area (Å²) in [6.07, 6.45) is 19.2. The number of fused-ring (bicyclic) bond motifs is 3. The Morgan fingerprint density at radius 1 is 0.830 bits per heavy atom. The van der Waals surface area contributed by atoms with E-state index in [1.165, 1.54) is 99.6 Å². The van der Waals surface area contributed by atoms with E-state index in [1.54, 1.807) is 12.1 Å². The van der Waals surface area contributed by atoms with Crippen molar-refractivity contribution in [1.82, 2.24) is 4.90 Å². The number of anilines is 2. The maximum absolute atomic E-state index is 13.3. The molecule has 1 fully saturated rings. The molecule has 3 aliphatic rings. The van der Waals surface area contributed by atoms with Crippen molar-refractivity contribution in [2.45, 2.75) is 122 Å². The molecule has 2 atom stereocenters. The third-order valence-electron chi connectivity index (χ3n) is 10.2.